The van der Waals surface area contributed by atoms with Crippen molar-refractivity contribution in [1.29, 1.82) is 0 Å². The fourth-order valence-electron chi connectivity index (χ4n) is 4.09. The van der Waals surface area contributed by atoms with Gasteiger partial charge in [-0.3, -0.25) is 9.28 Å². The third-order valence-electron chi connectivity index (χ3n) is 5.85. The molecule has 0 spiro atoms. The van der Waals surface area contributed by atoms with E-state index in [0.717, 1.165) is 34.9 Å². The second-order valence-electron chi connectivity index (χ2n) is 9.39. The minimum absolute atomic E-state index is 0.0262. The molecule has 3 aromatic carbocycles. The van der Waals surface area contributed by atoms with Gasteiger partial charge in [0.25, 0.3) is 0 Å². The Hall–Kier alpha value is -3.06. The van der Waals surface area contributed by atoms with Crippen LogP contribution in [0.3, 0.4) is 0 Å². The highest BCUT2D eigenvalue weighted by Gasteiger charge is 2.15. The quantitative estimate of drug-likeness (QED) is 0.237. The number of hydrogen-bond donors (Lipinski definition) is 1. The summed E-state index contributed by atoms with van der Waals surface area (Å²) in [5, 5.41) is 10.4. The largest absolute Gasteiger partial charge is 0.480 e. The van der Waals surface area contributed by atoms with Gasteiger partial charge in [-0.1, -0.05) is 48.5 Å². The molecule has 34 heavy (non-hydrogen) atoms. The lowest BCUT2D eigenvalue weighted by Gasteiger charge is -2.24. The maximum atomic E-state index is 11.3. The molecule has 6 heteroatoms. The van der Waals surface area contributed by atoms with Crippen LogP contribution in [0.15, 0.2) is 90.0 Å². The summed E-state index contributed by atoms with van der Waals surface area (Å²) in [5.74, 6) is -0.828. The van der Waals surface area contributed by atoms with E-state index in [-0.39, 0.29) is 6.54 Å². The van der Waals surface area contributed by atoms with E-state index in [9.17, 15) is 9.90 Å². The second kappa shape index (κ2) is 10.5. The van der Waals surface area contributed by atoms with Gasteiger partial charge in [0.2, 0.25) is 0 Å². The van der Waals surface area contributed by atoms with Crippen LogP contribution >= 0.6 is 11.9 Å². The standard InChI is InChI=1S/C28H31N3O2S/c1-31(2,3)24-13-15-25(16-14-24)34-30(19-22-9-5-4-6-10-22)18-17-23-20-29(21-28(32)33)27-12-8-7-11-26(23)27/h4-16,20H,17-19,21H2,1-3H3/p+1. The Morgan fingerprint density at radius 3 is 2.29 bits per heavy atom. The first-order valence-electron chi connectivity index (χ1n) is 11.5. The van der Waals surface area contributed by atoms with Gasteiger partial charge in [0.15, 0.2) is 0 Å². The zero-order valence-corrected chi connectivity index (χ0v) is 20.8. The molecule has 1 heterocycles. The van der Waals surface area contributed by atoms with Crippen molar-refractivity contribution in [2.75, 3.05) is 27.7 Å². The highest BCUT2D eigenvalue weighted by Crippen LogP contribution is 2.29. The van der Waals surface area contributed by atoms with E-state index in [2.05, 4.69) is 80.0 Å². The van der Waals surface area contributed by atoms with E-state index in [4.69, 9.17) is 0 Å². The van der Waals surface area contributed by atoms with Gasteiger partial charge in [-0.05, 0) is 47.7 Å². The van der Waals surface area contributed by atoms with Gasteiger partial charge in [0, 0.05) is 47.2 Å². The maximum Gasteiger partial charge on any atom is 0.323 e. The smallest absolute Gasteiger partial charge is 0.323 e. The molecule has 1 N–H and O–H groups in total. The van der Waals surface area contributed by atoms with Crippen LogP contribution in [-0.2, 0) is 24.3 Å². The first-order chi connectivity index (χ1) is 16.3. The number of benzene rings is 3. The molecule has 0 aliphatic rings. The first-order valence-corrected chi connectivity index (χ1v) is 12.2. The van der Waals surface area contributed by atoms with Gasteiger partial charge in [-0.25, -0.2) is 4.31 Å². The number of carboxylic acids is 1. The molecule has 0 atom stereocenters. The predicted octanol–water partition coefficient (Wildman–Crippen LogP) is 5.67. The number of fused-ring (bicyclic) bond motifs is 1. The molecule has 0 aliphatic carbocycles. The topological polar surface area (TPSA) is 45.5 Å². The summed E-state index contributed by atoms with van der Waals surface area (Å²) in [6.07, 6.45) is 2.84. The Kier molecular flexibility index (Phi) is 7.41. The summed E-state index contributed by atoms with van der Waals surface area (Å²) >= 11 is 1.77. The van der Waals surface area contributed by atoms with E-state index >= 15 is 0 Å². The molecule has 5 nitrogen and oxygen atoms in total. The summed E-state index contributed by atoms with van der Waals surface area (Å²) < 4.78 is 5.02. The summed E-state index contributed by atoms with van der Waals surface area (Å²) in [6, 6.07) is 27.4. The molecule has 0 amide bonds. The van der Waals surface area contributed by atoms with Gasteiger partial charge in [0.1, 0.15) is 12.2 Å². The normalized spacial score (nSPS) is 11.9. The van der Waals surface area contributed by atoms with Crippen molar-refractivity contribution < 1.29 is 9.90 Å². The number of aromatic nitrogens is 1. The van der Waals surface area contributed by atoms with E-state index < -0.39 is 5.97 Å². The predicted molar refractivity (Wildman–Crippen MR) is 142 cm³/mol. The Bertz CT molecular complexity index is 1240. The van der Waals surface area contributed by atoms with E-state index in [1.807, 2.05) is 35.0 Å². The zero-order chi connectivity index (χ0) is 24.1. The average molecular weight is 475 g/mol. The van der Waals surface area contributed by atoms with Crippen LogP contribution in [-0.4, -0.2) is 47.6 Å². The van der Waals surface area contributed by atoms with Crippen LogP contribution in [0.25, 0.3) is 10.9 Å². The number of carbonyl (C=O) groups is 1. The van der Waals surface area contributed by atoms with Crippen molar-refractivity contribution in [1.82, 2.24) is 13.4 Å². The second-order valence-corrected chi connectivity index (χ2v) is 10.6. The lowest BCUT2D eigenvalue weighted by atomic mass is 10.1. The van der Waals surface area contributed by atoms with E-state index in [1.54, 1.807) is 11.9 Å². The molecule has 0 aliphatic heterocycles. The first kappa shape index (κ1) is 24.1. The minimum Gasteiger partial charge on any atom is -0.480 e. The van der Waals surface area contributed by atoms with Crippen molar-refractivity contribution in [3.8, 4) is 0 Å². The molecule has 1 aromatic heterocycles. The molecule has 0 saturated carbocycles. The number of rotatable bonds is 10. The third kappa shape index (κ3) is 6.08. The van der Waals surface area contributed by atoms with Crippen molar-refractivity contribution in [3.05, 3.63) is 96.2 Å². The summed E-state index contributed by atoms with van der Waals surface area (Å²) in [6.45, 7) is 1.65. The number of hydrogen-bond acceptors (Lipinski definition) is 3. The van der Waals surface area contributed by atoms with Gasteiger partial charge >= 0.3 is 5.97 Å². The summed E-state index contributed by atoms with van der Waals surface area (Å²) in [4.78, 5) is 12.6. The van der Waals surface area contributed by atoms with Crippen LogP contribution in [0, 0.1) is 0 Å². The molecule has 0 saturated heterocycles. The Labute approximate surface area is 206 Å². The van der Waals surface area contributed by atoms with Crippen LogP contribution < -0.4 is 4.48 Å². The molecule has 0 unspecified atom stereocenters. The fourth-order valence-corrected chi connectivity index (χ4v) is 5.04. The molecule has 0 bridgehead atoms. The highest BCUT2D eigenvalue weighted by molar-refractivity contribution is 7.97. The number of carboxylic acid groups (broad SMARTS) is 1. The van der Waals surface area contributed by atoms with Gasteiger partial charge in [-0.15, -0.1) is 0 Å². The maximum absolute atomic E-state index is 11.3. The Morgan fingerprint density at radius 2 is 1.62 bits per heavy atom. The van der Waals surface area contributed by atoms with Crippen molar-refractivity contribution in [2.24, 2.45) is 0 Å². The monoisotopic (exact) mass is 474 g/mol. The van der Waals surface area contributed by atoms with Crippen molar-refractivity contribution in [2.45, 2.75) is 24.4 Å². The molecular formula is C28H32N3O2S+. The van der Waals surface area contributed by atoms with Gasteiger partial charge in [0.05, 0.1) is 21.1 Å². The lowest BCUT2D eigenvalue weighted by Crippen LogP contribution is -2.34. The van der Waals surface area contributed by atoms with Gasteiger partial charge in [-0.2, -0.15) is 0 Å². The van der Waals surface area contributed by atoms with E-state index in [0.29, 0.717) is 0 Å². The molecule has 4 aromatic rings. The lowest BCUT2D eigenvalue weighted by molar-refractivity contribution is -0.137. The van der Waals surface area contributed by atoms with Crippen LogP contribution in [0.5, 0.6) is 0 Å². The van der Waals surface area contributed by atoms with E-state index in [1.165, 1.54) is 21.7 Å². The summed E-state index contributed by atoms with van der Waals surface area (Å²) in [7, 11) is 6.51. The fraction of sp³-hybridized carbons (Fsp3) is 0.250. The Balaban J connectivity index is 1.55. The van der Waals surface area contributed by atoms with Gasteiger partial charge < -0.3 is 9.67 Å². The number of quaternary nitrogens is 1. The average Bonchev–Trinajstić information content (AvgIpc) is 3.15. The molecule has 176 valence electrons. The molecule has 0 fully saturated rings. The van der Waals surface area contributed by atoms with Crippen LogP contribution in [0.1, 0.15) is 11.1 Å². The number of nitrogens with zero attached hydrogens (tertiary/aromatic N) is 3. The number of para-hydroxylation sites is 1. The number of aliphatic carboxylic acids is 1. The SMILES string of the molecule is C[N+](C)(C)c1ccc(SN(CCc2cn(CC(=O)O)c3ccccc23)Cc2ccccc2)cc1. The van der Waals surface area contributed by atoms with Crippen molar-refractivity contribution in [3.63, 3.8) is 0 Å². The zero-order valence-electron chi connectivity index (χ0n) is 20.0. The van der Waals surface area contributed by atoms with Crippen LogP contribution in [0.4, 0.5) is 5.69 Å². The minimum atomic E-state index is -0.828. The third-order valence-corrected chi connectivity index (χ3v) is 6.91. The Morgan fingerprint density at radius 1 is 0.941 bits per heavy atom. The summed E-state index contributed by atoms with van der Waals surface area (Å²) in [5.41, 5.74) is 4.69. The van der Waals surface area contributed by atoms with Crippen molar-refractivity contribution >= 4 is 34.5 Å². The van der Waals surface area contributed by atoms with Crippen LogP contribution in [0.2, 0.25) is 0 Å². The molecule has 4 rings (SSSR count). The molecular weight excluding hydrogens is 442 g/mol. The molecule has 0 radical (unpaired) electrons. The highest BCUT2D eigenvalue weighted by atomic mass is 32.2.